The van der Waals surface area contributed by atoms with E-state index in [2.05, 4.69) is 29.5 Å². The van der Waals surface area contributed by atoms with Crippen LogP contribution in [0.25, 0.3) is 0 Å². The van der Waals surface area contributed by atoms with Crippen molar-refractivity contribution in [1.29, 1.82) is 5.41 Å². The maximum Gasteiger partial charge on any atom is 0.137 e. The average Bonchev–Trinajstić information content (AvgIpc) is 2.52. The molecule has 0 aliphatic rings. The SMILES string of the molecule is COc1ccc(CNc2ccnc(NC(C)C)c2C(C)=N)cc1. The van der Waals surface area contributed by atoms with Gasteiger partial charge in [-0.15, -0.1) is 0 Å². The van der Waals surface area contributed by atoms with Crippen molar-refractivity contribution >= 4 is 17.2 Å². The lowest BCUT2D eigenvalue weighted by Crippen LogP contribution is -2.16. The molecule has 0 saturated carbocycles. The van der Waals surface area contributed by atoms with E-state index >= 15 is 0 Å². The molecule has 0 bridgehead atoms. The van der Waals surface area contributed by atoms with Gasteiger partial charge in [0.1, 0.15) is 11.6 Å². The molecule has 3 N–H and O–H groups in total. The molecule has 0 aliphatic carbocycles. The molecule has 0 spiro atoms. The molecular weight excluding hydrogens is 288 g/mol. The number of methoxy groups -OCH3 is 1. The van der Waals surface area contributed by atoms with E-state index in [1.54, 1.807) is 20.2 Å². The van der Waals surface area contributed by atoms with Crippen molar-refractivity contribution < 1.29 is 4.74 Å². The Balaban J connectivity index is 2.19. The molecule has 5 heteroatoms. The first kappa shape index (κ1) is 16.8. The molecule has 1 heterocycles. The minimum Gasteiger partial charge on any atom is -0.497 e. The van der Waals surface area contributed by atoms with Crippen LogP contribution in [0.5, 0.6) is 5.75 Å². The second-order valence-corrected chi connectivity index (χ2v) is 5.71. The Labute approximate surface area is 137 Å². The van der Waals surface area contributed by atoms with Crippen molar-refractivity contribution in [3.8, 4) is 5.75 Å². The largest absolute Gasteiger partial charge is 0.497 e. The van der Waals surface area contributed by atoms with Crippen LogP contribution in [0, 0.1) is 5.41 Å². The van der Waals surface area contributed by atoms with Gasteiger partial charge in [0.2, 0.25) is 0 Å². The third-order valence-electron chi connectivity index (χ3n) is 3.39. The van der Waals surface area contributed by atoms with Gasteiger partial charge in [-0.3, -0.25) is 0 Å². The van der Waals surface area contributed by atoms with Gasteiger partial charge in [0, 0.05) is 30.2 Å². The van der Waals surface area contributed by atoms with Crippen LogP contribution in [-0.4, -0.2) is 23.8 Å². The van der Waals surface area contributed by atoms with E-state index in [1.807, 2.05) is 30.3 Å². The Kier molecular flexibility index (Phi) is 5.57. The Hall–Kier alpha value is -2.56. The zero-order chi connectivity index (χ0) is 16.8. The molecule has 1 aromatic carbocycles. The summed E-state index contributed by atoms with van der Waals surface area (Å²) in [6, 6.07) is 10.1. The van der Waals surface area contributed by atoms with Gasteiger partial charge in [0.25, 0.3) is 0 Å². The number of aromatic nitrogens is 1. The van der Waals surface area contributed by atoms with Gasteiger partial charge in [0.15, 0.2) is 0 Å². The smallest absolute Gasteiger partial charge is 0.137 e. The van der Waals surface area contributed by atoms with Crippen LogP contribution in [0.2, 0.25) is 0 Å². The van der Waals surface area contributed by atoms with E-state index in [0.717, 1.165) is 28.4 Å². The predicted octanol–water partition coefficient (Wildman–Crippen LogP) is 3.91. The van der Waals surface area contributed by atoms with Gasteiger partial charge >= 0.3 is 0 Å². The summed E-state index contributed by atoms with van der Waals surface area (Å²) in [5.41, 5.74) is 3.36. The van der Waals surface area contributed by atoms with E-state index in [4.69, 9.17) is 10.1 Å². The lowest BCUT2D eigenvalue weighted by Gasteiger charge is -2.17. The van der Waals surface area contributed by atoms with Gasteiger partial charge in [-0.05, 0) is 44.5 Å². The first-order chi connectivity index (χ1) is 11.0. The molecule has 122 valence electrons. The van der Waals surface area contributed by atoms with E-state index in [9.17, 15) is 0 Å². The lowest BCUT2D eigenvalue weighted by molar-refractivity contribution is 0.414. The highest BCUT2D eigenvalue weighted by Gasteiger charge is 2.12. The summed E-state index contributed by atoms with van der Waals surface area (Å²) in [4.78, 5) is 4.37. The molecular formula is C18H24N4O. The number of pyridine rings is 1. The molecule has 23 heavy (non-hydrogen) atoms. The molecule has 2 rings (SSSR count). The Morgan fingerprint density at radius 3 is 2.48 bits per heavy atom. The highest BCUT2D eigenvalue weighted by Crippen LogP contribution is 2.24. The van der Waals surface area contributed by atoms with Gasteiger partial charge < -0.3 is 20.8 Å². The summed E-state index contributed by atoms with van der Waals surface area (Å²) in [7, 11) is 1.66. The summed E-state index contributed by atoms with van der Waals surface area (Å²) in [5, 5.41) is 14.8. The summed E-state index contributed by atoms with van der Waals surface area (Å²) >= 11 is 0. The molecule has 1 aromatic heterocycles. The maximum atomic E-state index is 8.06. The molecule has 0 saturated heterocycles. The van der Waals surface area contributed by atoms with E-state index in [-0.39, 0.29) is 6.04 Å². The highest BCUT2D eigenvalue weighted by atomic mass is 16.5. The summed E-state index contributed by atoms with van der Waals surface area (Å²) in [6.07, 6.45) is 1.76. The first-order valence-electron chi connectivity index (χ1n) is 7.69. The van der Waals surface area contributed by atoms with Crippen molar-refractivity contribution in [3.05, 3.63) is 47.7 Å². The minimum absolute atomic E-state index is 0.262. The summed E-state index contributed by atoms with van der Waals surface area (Å²) in [5.74, 6) is 1.59. The van der Waals surface area contributed by atoms with E-state index < -0.39 is 0 Å². The van der Waals surface area contributed by atoms with Gasteiger partial charge in [0.05, 0.1) is 12.7 Å². The van der Waals surface area contributed by atoms with Crippen molar-refractivity contribution in [2.45, 2.75) is 33.4 Å². The molecule has 0 radical (unpaired) electrons. The van der Waals surface area contributed by atoms with Crippen molar-refractivity contribution in [3.63, 3.8) is 0 Å². The second kappa shape index (κ2) is 7.63. The zero-order valence-corrected chi connectivity index (χ0v) is 14.1. The van der Waals surface area contributed by atoms with Crippen LogP contribution in [0.4, 0.5) is 11.5 Å². The third kappa shape index (κ3) is 4.45. The molecule has 0 fully saturated rings. The number of nitrogens with one attached hydrogen (secondary N) is 3. The number of hydrogen-bond donors (Lipinski definition) is 3. The maximum absolute atomic E-state index is 8.06. The number of hydrogen-bond acceptors (Lipinski definition) is 5. The van der Waals surface area contributed by atoms with Gasteiger partial charge in [-0.2, -0.15) is 0 Å². The topological polar surface area (TPSA) is 70.0 Å². The molecule has 0 amide bonds. The second-order valence-electron chi connectivity index (χ2n) is 5.71. The standard InChI is InChI=1S/C18H24N4O/c1-12(2)22-18-17(13(3)19)16(9-10-20-18)21-11-14-5-7-15(23-4)8-6-14/h5-10,12,19H,11H2,1-4H3,(H2,20,21,22). The Morgan fingerprint density at radius 2 is 1.91 bits per heavy atom. The van der Waals surface area contributed by atoms with Crippen LogP contribution in [0.1, 0.15) is 31.9 Å². The van der Waals surface area contributed by atoms with Crippen LogP contribution >= 0.6 is 0 Å². The monoisotopic (exact) mass is 312 g/mol. The number of benzene rings is 1. The fourth-order valence-electron chi connectivity index (χ4n) is 2.31. The van der Waals surface area contributed by atoms with Crippen LogP contribution in [0.3, 0.4) is 0 Å². The zero-order valence-electron chi connectivity index (χ0n) is 14.1. The molecule has 0 aliphatic heterocycles. The third-order valence-corrected chi connectivity index (χ3v) is 3.39. The van der Waals surface area contributed by atoms with Gasteiger partial charge in [-0.1, -0.05) is 12.1 Å². The normalized spacial score (nSPS) is 10.5. The van der Waals surface area contributed by atoms with Crippen molar-refractivity contribution in [2.75, 3.05) is 17.7 Å². The molecule has 5 nitrogen and oxygen atoms in total. The average molecular weight is 312 g/mol. The fraction of sp³-hybridized carbons (Fsp3) is 0.333. The summed E-state index contributed by atoms with van der Waals surface area (Å²) < 4.78 is 5.17. The number of ether oxygens (including phenoxy) is 1. The molecule has 0 atom stereocenters. The first-order valence-corrected chi connectivity index (χ1v) is 7.69. The lowest BCUT2D eigenvalue weighted by atomic mass is 10.1. The highest BCUT2D eigenvalue weighted by molar-refractivity contribution is 6.05. The van der Waals surface area contributed by atoms with Crippen molar-refractivity contribution in [1.82, 2.24) is 4.98 Å². The number of nitrogens with zero attached hydrogens (tertiary/aromatic N) is 1. The van der Waals surface area contributed by atoms with Crippen molar-refractivity contribution in [2.24, 2.45) is 0 Å². The van der Waals surface area contributed by atoms with Crippen LogP contribution in [0.15, 0.2) is 36.5 Å². The number of anilines is 2. The summed E-state index contributed by atoms with van der Waals surface area (Å²) in [6.45, 7) is 6.57. The van der Waals surface area contributed by atoms with Crippen LogP contribution in [-0.2, 0) is 6.54 Å². The molecule has 0 unspecified atom stereocenters. The Morgan fingerprint density at radius 1 is 1.22 bits per heavy atom. The molecule has 2 aromatic rings. The van der Waals surface area contributed by atoms with E-state index in [1.165, 1.54) is 0 Å². The Bertz CT molecular complexity index is 665. The predicted molar refractivity (Wildman–Crippen MR) is 95.8 cm³/mol. The minimum atomic E-state index is 0.262. The number of rotatable bonds is 7. The van der Waals surface area contributed by atoms with Gasteiger partial charge in [-0.25, -0.2) is 4.98 Å². The van der Waals surface area contributed by atoms with E-state index in [0.29, 0.717) is 12.3 Å². The quantitative estimate of drug-likeness (QED) is 0.678. The fourth-order valence-corrected chi connectivity index (χ4v) is 2.31. The van der Waals surface area contributed by atoms with Crippen LogP contribution < -0.4 is 15.4 Å².